The SMILES string of the molecule is C#C.C=CC(=C)OC.CCC(=O)C(C)(C)C1CC[C@@]2(C)C3CC[C@@]4(C(=O)O)CCC(C)(C)CC4C3=CCC2C1(C)C. The number of hydrogen-bond donors (Lipinski definition) is 1. The molecule has 0 radical (unpaired) electrons. The number of carboxylic acids is 1. The molecular weight excluding hydrogens is 508 g/mol. The van der Waals surface area contributed by atoms with E-state index in [-0.39, 0.29) is 27.6 Å². The normalized spacial score (nSPS) is 34.7. The number of carboxylic acid groups (broad SMARTS) is 1. The van der Waals surface area contributed by atoms with Crippen LogP contribution in [0.1, 0.15) is 113 Å². The van der Waals surface area contributed by atoms with E-state index in [1.54, 1.807) is 13.2 Å². The highest BCUT2D eigenvalue weighted by Gasteiger charge is 2.63. The lowest BCUT2D eigenvalue weighted by atomic mass is 9.39. The summed E-state index contributed by atoms with van der Waals surface area (Å²) in [5.41, 5.74) is 1.14. The number of ether oxygens (including phenoxy) is 1. The first kappa shape index (κ1) is 34.9. The fourth-order valence-corrected chi connectivity index (χ4v) is 9.85. The fourth-order valence-electron chi connectivity index (χ4n) is 9.85. The second-order valence-electron chi connectivity index (χ2n) is 15.3. The van der Waals surface area contributed by atoms with Gasteiger partial charge < -0.3 is 9.84 Å². The molecule has 4 aliphatic carbocycles. The van der Waals surface area contributed by atoms with Crippen molar-refractivity contribution >= 4 is 11.8 Å². The van der Waals surface area contributed by atoms with Gasteiger partial charge in [-0.25, -0.2) is 0 Å². The molecule has 3 saturated carbocycles. The van der Waals surface area contributed by atoms with Crippen molar-refractivity contribution in [2.75, 3.05) is 7.11 Å². The highest BCUT2D eigenvalue weighted by atomic mass is 16.5. The van der Waals surface area contributed by atoms with Crippen LogP contribution in [0.5, 0.6) is 0 Å². The molecule has 4 nitrogen and oxygen atoms in total. The van der Waals surface area contributed by atoms with Gasteiger partial charge in [-0.3, -0.25) is 9.59 Å². The van der Waals surface area contributed by atoms with Gasteiger partial charge >= 0.3 is 5.97 Å². The summed E-state index contributed by atoms with van der Waals surface area (Å²) in [5.74, 6) is 2.05. The van der Waals surface area contributed by atoms with E-state index >= 15 is 0 Å². The van der Waals surface area contributed by atoms with Gasteiger partial charge in [0.25, 0.3) is 0 Å². The Labute approximate surface area is 251 Å². The fraction of sp³-hybridized carbons (Fsp3) is 0.730. The lowest BCUT2D eigenvalue weighted by molar-refractivity contribution is -0.165. The molecular formula is C37H58O4. The van der Waals surface area contributed by atoms with Gasteiger partial charge in [0, 0.05) is 11.8 Å². The van der Waals surface area contributed by atoms with Crippen LogP contribution in [-0.4, -0.2) is 24.0 Å². The van der Waals surface area contributed by atoms with Crippen LogP contribution in [0, 0.1) is 63.6 Å². The van der Waals surface area contributed by atoms with Gasteiger partial charge in [-0.15, -0.1) is 12.8 Å². The second-order valence-corrected chi connectivity index (χ2v) is 15.3. The zero-order valence-electron chi connectivity index (χ0n) is 27.6. The van der Waals surface area contributed by atoms with E-state index in [1.165, 1.54) is 5.57 Å². The molecule has 41 heavy (non-hydrogen) atoms. The molecule has 4 rings (SSSR count). The number of terminal acetylenes is 1. The van der Waals surface area contributed by atoms with Crippen LogP contribution in [-0.2, 0) is 14.3 Å². The minimum absolute atomic E-state index is 0.0799. The third-order valence-electron chi connectivity index (χ3n) is 12.1. The van der Waals surface area contributed by atoms with Crippen molar-refractivity contribution in [1.82, 2.24) is 0 Å². The number of allylic oxidation sites excluding steroid dienone is 3. The molecule has 4 aliphatic rings. The first-order valence-corrected chi connectivity index (χ1v) is 15.6. The molecule has 4 heteroatoms. The Kier molecular flexibility index (Phi) is 10.7. The number of Topliss-reactive ketones (excluding diaryl/α,β-unsaturated/α-hetero) is 1. The predicted octanol–water partition coefficient (Wildman–Crippen LogP) is 9.27. The summed E-state index contributed by atoms with van der Waals surface area (Å²) in [5, 5.41) is 10.4. The van der Waals surface area contributed by atoms with Crippen LogP contribution in [0.3, 0.4) is 0 Å². The van der Waals surface area contributed by atoms with Gasteiger partial charge in [-0.2, -0.15) is 0 Å². The number of hydrogen-bond acceptors (Lipinski definition) is 3. The van der Waals surface area contributed by atoms with Gasteiger partial charge in [-0.05, 0) is 97.4 Å². The number of carbonyl (C=O) groups excluding carboxylic acids is 1. The Morgan fingerprint density at radius 2 is 1.68 bits per heavy atom. The molecule has 0 amide bonds. The molecule has 4 unspecified atom stereocenters. The second kappa shape index (κ2) is 12.5. The smallest absolute Gasteiger partial charge is 0.310 e. The minimum Gasteiger partial charge on any atom is -0.497 e. The van der Waals surface area contributed by atoms with E-state index < -0.39 is 11.4 Å². The summed E-state index contributed by atoms with van der Waals surface area (Å²) in [6.07, 6.45) is 20.7. The van der Waals surface area contributed by atoms with Gasteiger partial charge in [0.1, 0.15) is 11.5 Å². The maximum absolute atomic E-state index is 12.9. The number of fused-ring (bicyclic) bond motifs is 5. The number of ketones is 1. The molecule has 0 heterocycles. The predicted molar refractivity (Wildman–Crippen MR) is 170 cm³/mol. The standard InChI is InChI=1S/C30H48O3.C5H8O.C2H2/c1-9-24(31)28(6,7)22-13-14-29(8)20-12-15-30(25(32)33)17-16-26(2,3)18-21(30)19(20)10-11-23(29)27(22,4)5;1-4-5(2)6-3;1-2/h10,20-23H,9,11-18H2,1-8H3,(H,32,33);4H,1-2H2,3H3;1-2H/t20?,21?,22?,23?,29-,30+;;/m0../s1. The van der Waals surface area contributed by atoms with Crippen molar-refractivity contribution in [1.29, 1.82) is 0 Å². The lowest BCUT2D eigenvalue weighted by Crippen LogP contribution is -2.59. The third-order valence-corrected chi connectivity index (χ3v) is 12.1. The van der Waals surface area contributed by atoms with Crippen LogP contribution in [0.2, 0.25) is 0 Å². The van der Waals surface area contributed by atoms with Crippen LogP contribution < -0.4 is 0 Å². The van der Waals surface area contributed by atoms with Crippen LogP contribution in [0.4, 0.5) is 0 Å². The Bertz CT molecular complexity index is 1060. The largest absolute Gasteiger partial charge is 0.497 e. The van der Waals surface area contributed by atoms with Crippen molar-refractivity contribution in [3.05, 3.63) is 36.6 Å². The molecule has 3 fully saturated rings. The number of methoxy groups -OCH3 is 1. The maximum atomic E-state index is 12.9. The Morgan fingerprint density at radius 3 is 2.17 bits per heavy atom. The summed E-state index contributed by atoms with van der Waals surface area (Å²) in [6.45, 7) is 25.3. The van der Waals surface area contributed by atoms with Crippen LogP contribution in [0.15, 0.2) is 36.6 Å². The molecule has 0 saturated heterocycles. The van der Waals surface area contributed by atoms with E-state index in [0.29, 0.717) is 35.7 Å². The molecule has 0 aromatic rings. The minimum atomic E-state index is -0.557. The Morgan fingerprint density at radius 1 is 1.07 bits per heavy atom. The number of rotatable bonds is 6. The topological polar surface area (TPSA) is 63.6 Å². The van der Waals surface area contributed by atoms with Gasteiger partial charge in [-0.1, -0.05) is 80.2 Å². The van der Waals surface area contributed by atoms with Crippen molar-refractivity contribution < 1.29 is 19.4 Å². The highest BCUT2D eigenvalue weighted by Crippen LogP contribution is 2.70. The average Bonchev–Trinajstić information content (AvgIpc) is 2.92. The van der Waals surface area contributed by atoms with E-state index in [2.05, 4.69) is 85.3 Å². The van der Waals surface area contributed by atoms with Crippen molar-refractivity contribution in [2.24, 2.45) is 50.7 Å². The van der Waals surface area contributed by atoms with Gasteiger partial charge in [0.15, 0.2) is 0 Å². The molecule has 0 aliphatic heterocycles. The lowest BCUT2D eigenvalue weighted by Gasteiger charge is -2.65. The number of carbonyl (C=O) groups is 2. The molecule has 0 aromatic heterocycles. The molecule has 0 spiro atoms. The van der Waals surface area contributed by atoms with Crippen molar-refractivity contribution in [2.45, 2.75) is 113 Å². The summed E-state index contributed by atoms with van der Waals surface area (Å²) < 4.78 is 4.59. The van der Waals surface area contributed by atoms with E-state index in [4.69, 9.17) is 0 Å². The van der Waals surface area contributed by atoms with Crippen molar-refractivity contribution in [3.63, 3.8) is 0 Å². The molecule has 230 valence electrons. The molecule has 1 N–H and O–H groups in total. The molecule has 0 bridgehead atoms. The Balaban J connectivity index is 0.000000654. The third kappa shape index (κ3) is 6.11. The molecule has 0 aromatic carbocycles. The first-order valence-electron chi connectivity index (χ1n) is 15.6. The zero-order valence-corrected chi connectivity index (χ0v) is 27.6. The van der Waals surface area contributed by atoms with Crippen LogP contribution in [0.25, 0.3) is 0 Å². The van der Waals surface area contributed by atoms with Crippen LogP contribution >= 0.6 is 0 Å². The highest BCUT2D eigenvalue weighted by molar-refractivity contribution is 5.84. The average molecular weight is 567 g/mol. The van der Waals surface area contributed by atoms with E-state index in [0.717, 1.165) is 51.4 Å². The van der Waals surface area contributed by atoms with Crippen molar-refractivity contribution in [3.8, 4) is 12.8 Å². The van der Waals surface area contributed by atoms with E-state index in [1.807, 2.05) is 6.92 Å². The zero-order chi connectivity index (χ0) is 31.6. The summed E-state index contributed by atoms with van der Waals surface area (Å²) in [4.78, 5) is 25.6. The quantitative estimate of drug-likeness (QED) is 0.151. The summed E-state index contributed by atoms with van der Waals surface area (Å²) >= 11 is 0. The maximum Gasteiger partial charge on any atom is 0.310 e. The first-order chi connectivity index (χ1) is 18.9. The monoisotopic (exact) mass is 566 g/mol. The van der Waals surface area contributed by atoms with Gasteiger partial charge in [0.2, 0.25) is 0 Å². The summed E-state index contributed by atoms with van der Waals surface area (Å²) in [6, 6.07) is 0. The summed E-state index contributed by atoms with van der Waals surface area (Å²) in [7, 11) is 1.56. The molecule has 6 atom stereocenters. The Hall–Kier alpha value is -2.28. The number of aliphatic carboxylic acids is 1. The van der Waals surface area contributed by atoms with E-state index in [9.17, 15) is 14.7 Å². The van der Waals surface area contributed by atoms with Gasteiger partial charge in [0.05, 0.1) is 12.5 Å².